The van der Waals surface area contributed by atoms with Crippen molar-refractivity contribution in [1.82, 2.24) is 9.47 Å². The van der Waals surface area contributed by atoms with Gasteiger partial charge < -0.3 is 24.7 Å². The molecule has 1 aliphatic rings. The van der Waals surface area contributed by atoms with E-state index >= 15 is 0 Å². The molecule has 1 amide bonds. The maximum absolute atomic E-state index is 14.6. The Morgan fingerprint density at radius 2 is 1.79 bits per heavy atom. The van der Waals surface area contributed by atoms with Crippen molar-refractivity contribution in [3.63, 3.8) is 0 Å². The van der Waals surface area contributed by atoms with E-state index in [1.165, 1.54) is 6.07 Å². The van der Waals surface area contributed by atoms with Gasteiger partial charge in [0, 0.05) is 50.4 Å². The number of amides is 1. The lowest BCUT2D eigenvalue weighted by Gasteiger charge is -2.32. The van der Waals surface area contributed by atoms with Crippen molar-refractivity contribution in [3.05, 3.63) is 89.4 Å². The van der Waals surface area contributed by atoms with E-state index < -0.39 is 0 Å². The molecule has 8 heteroatoms. The normalized spacial score (nSPS) is 13.9. The van der Waals surface area contributed by atoms with E-state index in [0.717, 1.165) is 33.3 Å². The molecule has 0 atom stereocenters. The van der Waals surface area contributed by atoms with Gasteiger partial charge in [-0.25, -0.2) is 4.39 Å². The van der Waals surface area contributed by atoms with E-state index in [0.29, 0.717) is 56.8 Å². The zero-order valence-corrected chi connectivity index (χ0v) is 23.2. The molecule has 0 saturated carbocycles. The fraction of sp³-hybridized carbons (Fsp3) is 0.323. The number of rotatable bonds is 8. The monoisotopic (exact) mass is 551 g/mol. The van der Waals surface area contributed by atoms with Gasteiger partial charge in [-0.05, 0) is 65.3 Å². The quantitative estimate of drug-likeness (QED) is 0.291. The van der Waals surface area contributed by atoms with Crippen LogP contribution in [0.5, 0.6) is 5.75 Å². The third kappa shape index (κ3) is 5.81. The Morgan fingerprint density at radius 1 is 1.05 bits per heavy atom. The number of benzene rings is 3. The predicted molar refractivity (Wildman–Crippen MR) is 155 cm³/mol. The molecule has 6 nitrogen and oxygen atoms in total. The fourth-order valence-electron chi connectivity index (χ4n) is 5.50. The lowest BCUT2D eigenvalue weighted by atomic mass is 9.88. The minimum atomic E-state index is -0.197. The first kappa shape index (κ1) is 28.6. The minimum Gasteiger partial charge on any atom is -0.497 e. The summed E-state index contributed by atoms with van der Waals surface area (Å²) in [4.78, 5) is 15.9. The van der Waals surface area contributed by atoms with Crippen LogP contribution in [0.25, 0.3) is 22.0 Å². The molecule has 1 aromatic heterocycles. The lowest BCUT2D eigenvalue weighted by molar-refractivity contribution is 0.0714. The highest BCUT2D eigenvalue weighted by molar-refractivity contribution is 6.12. The van der Waals surface area contributed by atoms with Crippen LogP contribution in [0.15, 0.2) is 66.9 Å². The number of nitrogens with two attached hydrogens (primary N) is 1. The predicted octanol–water partition coefficient (Wildman–Crippen LogP) is 6.00. The van der Waals surface area contributed by atoms with Gasteiger partial charge in [-0.3, -0.25) is 4.79 Å². The number of fused-ring (bicyclic) bond motifs is 1. The second kappa shape index (κ2) is 12.6. The molecule has 1 fully saturated rings. The second-order valence-corrected chi connectivity index (χ2v) is 9.78. The molecule has 206 valence electrons. The third-order valence-corrected chi connectivity index (χ3v) is 7.59. The Morgan fingerprint density at radius 3 is 2.46 bits per heavy atom. The molecular formula is C31H35ClFN3O3. The van der Waals surface area contributed by atoms with Gasteiger partial charge in [0.25, 0.3) is 5.91 Å². The molecule has 0 spiro atoms. The van der Waals surface area contributed by atoms with Gasteiger partial charge in [-0.2, -0.15) is 0 Å². The Hall–Kier alpha value is -3.39. The van der Waals surface area contributed by atoms with Gasteiger partial charge in [0.1, 0.15) is 11.6 Å². The fourth-order valence-corrected chi connectivity index (χ4v) is 5.50. The topological polar surface area (TPSA) is 69.7 Å². The van der Waals surface area contributed by atoms with E-state index in [2.05, 4.69) is 10.6 Å². The van der Waals surface area contributed by atoms with E-state index in [4.69, 9.17) is 15.2 Å². The molecule has 2 heterocycles. The number of carbonyl (C=O) groups is 1. The largest absolute Gasteiger partial charge is 0.497 e. The highest BCUT2D eigenvalue weighted by Gasteiger charge is 2.29. The van der Waals surface area contributed by atoms with Crippen LogP contribution in [0.4, 0.5) is 4.39 Å². The van der Waals surface area contributed by atoms with E-state index in [1.54, 1.807) is 20.3 Å². The first-order valence-electron chi connectivity index (χ1n) is 13.1. The number of hydrogen-bond acceptors (Lipinski definition) is 4. The van der Waals surface area contributed by atoms with Crippen molar-refractivity contribution in [2.45, 2.75) is 31.8 Å². The maximum atomic E-state index is 14.6. The molecule has 1 saturated heterocycles. The minimum absolute atomic E-state index is 0. The van der Waals surface area contributed by atoms with Crippen molar-refractivity contribution in [2.75, 3.05) is 33.9 Å². The molecule has 3 aromatic carbocycles. The Balaban J connectivity index is 0.00000353. The number of methoxy groups -OCH3 is 2. The summed E-state index contributed by atoms with van der Waals surface area (Å²) in [6.07, 6.45) is 3.38. The van der Waals surface area contributed by atoms with Gasteiger partial charge in [0.05, 0.1) is 19.3 Å². The molecule has 4 aromatic rings. The first-order chi connectivity index (χ1) is 18.5. The van der Waals surface area contributed by atoms with Crippen molar-refractivity contribution in [1.29, 1.82) is 0 Å². The van der Waals surface area contributed by atoms with Crippen molar-refractivity contribution >= 4 is 29.2 Å². The van der Waals surface area contributed by atoms with Crippen molar-refractivity contribution in [3.8, 4) is 16.9 Å². The maximum Gasteiger partial charge on any atom is 0.256 e. The van der Waals surface area contributed by atoms with Crippen LogP contribution in [-0.2, 0) is 17.8 Å². The van der Waals surface area contributed by atoms with Crippen LogP contribution in [-0.4, -0.2) is 49.3 Å². The van der Waals surface area contributed by atoms with Crippen LogP contribution in [0, 0.1) is 5.82 Å². The Kier molecular flexibility index (Phi) is 9.28. The molecule has 0 unspecified atom stereocenters. The second-order valence-electron chi connectivity index (χ2n) is 9.78. The molecule has 0 bridgehead atoms. The van der Waals surface area contributed by atoms with Gasteiger partial charge >= 0.3 is 0 Å². The number of nitrogens with zero attached hydrogens (tertiary/aromatic N) is 2. The molecule has 1 aliphatic heterocycles. The zero-order valence-electron chi connectivity index (χ0n) is 22.4. The van der Waals surface area contributed by atoms with Crippen LogP contribution in [0.1, 0.15) is 40.2 Å². The van der Waals surface area contributed by atoms with Crippen LogP contribution >= 0.6 is 12.4 Å². The number of aromatic nitrogens is 1. The summed E-state index contributed by atoms with van der Waals surface area (Å²) in [6.45, 7) is 2.72. The van der Waals surface area contributed by atoms with Gasteiger partial charge in [0.15, 0.2) is 0 Å². The Labute approximate surface area is 234 Å². The SMILES string of the molecule is COCCn1cc(C(=O)N2CCC(c3cc(CN)ccc3F)CC2)c2c(-c3ccc(OC)cc3)cccc21.Cl. The summed E-state index contributed by atoms with van der Waals surface area (Å²) in [5.41, 5.74) is 11.1. The van der Waals surface area contributed by atoms with Crippen molar-refractivity contribution < 1.29 is 18.7 Å². The van der Waals surface area contributed by atoms with Gasteiger partial charge in [0.2, 0.25) is 0 Å². The van der Waals surface area contributed by atoms with Crippen molar-refractivity contribution in [2.24, 2.45) is 5.73 Å². The number of carbonyl (C=O) groups excluding carboxylic acids is 1. The number of hydrogen-bond donors (Lipinski definition) is 1. The summed E-state index contributed by atoms with van der Waals surface area (Å²) in [6, 6.07) is 19.1. The standard InChI is InChI=1S/C31H34FN3O3.ClH/c1-37-17-16-35-20-27(30-25(4-3-5-29(30)35)22-7-9-24(38-2)10-8-22)31(36)34-14-12-23(13-15-34)26-18-21(19-33)6-11-28(26)32;/h3-11,18,20,23H,12-17,19,33H2,1-2H3;1H. The summed E-state index contributed by atoms with van der Waals surface area (Å²) in [7, 11) is 3.33. The number of piperidine rings is 1. The molecular weight excluding hydrogens is 517 g/mol. The smallest absolute Gasteiger partial charge is 0.256 e. The van der Waals surface area contributed by atoms with E-state index in [-0.39, 0.29) is 30.0 Å². The highest BCUT2D eigenvalue weighted by Crippen LogP contribution is 2.36. The summed E-state index contributed by atoms with van der Waals surface area (Å²) in [5.74, 6) is 0.661. The zero-order chi connectivity index (χ0) is 26.6. The summed E-state index contributed by atoms with van der Waals surface area (Å²) in [5, 5.41) is 0.933. The molecule has 5 rings (SSSR count). The van der Waals surface area contributed by atoms with E-state index in [9.17, 15) is 9.18 Å². The van der Waals surface area contributed by atoms with Crippen LogP contribution in [0.2, 0.25) is 0 Å². The average Bonchev–Trinajstić information content (AvgIpc) is 3.35. The van der Waals surface area contributed by atoms with Gasteiger partial charge in [-0.1, -0.05) is 36.4 Å². The van der Waals surface area contributed by atoms with E-state index in [1.807, 2.05) is 53.6 Å². The summed E-state index contributed by atoms with van der Waals surface area (Å²) < 4.78 is 27.4. The van der Waals surface area contributed by atoms with Gasteiger partial charge in [-0.15, -0.1) is 12.4 Å². The molecule has 2 N–H and O–H groups in total. The summed E-state index contributed by atoms with van der Waals surface area (Å²) >= 11 is 0. The average molecular weight is 552 g/mol. The van der Waals surface area contributed by atoms with Crippen LogP contribution in [0.3, 0.4) is 0 Å². The molecule has 0 radical (unpaired) electrons. The number of halogens is 2. The molecule has 0 aliphatic carbocycles. The number of likely N-dealkylation sites (tertiary alicyclic amines) is 1. The number of ether oxygens (including phenoxy) is 2. The molecule has 39 heavy (non-hydrogen) atoms. The third-order valence-electron chi connectivity index (χ3n) is 7.59. The highest BCUT2D eigenvalue weighted by atomic mass is 35.5. The first-order valence-corrected chi connectivity index (χ1v) is 13.1. The lowest BCUT2D eigenvalue weighted by Crippen LogP contribution is -2.38. The Bertz CT molecular complexity index is 1430. The van der Waals surface area contributed by atoms with Crippen LogP contribution < -0.4 is 10.5 Å².